The Bertz CT molecular complexity index is 589. The van der Waals surface area contributed by atoms with Crippen molar-refractivity contribution >= 4 is 10.9 Å². The molecular weight excluding hydrogens is 230 g/mol. The van der Waals surface area contributed by atoms with Gasteiger partial charge in [-0.3, -0.25) is 4.68 Å². The Morgan fingerprint density at radius 2 is 2.44 bits per heavy atom. The number of aromatic nitrogens is 2. The average Bonchev–Trinajstić information content (AvgIpc) is 2.73. The van der Waals surface area contributed by atoms with Crippen LogP contribution in [0.3, 0.4) is 0 Å². The van der Waals surface area contributed by atoms with Gasteiger partial charge in [-0.15, -0.1) is 0 Å². The van der Waals surface area contributed by atoms with E-state index in [9.17, 15) is 5.11 Å². The van der Waals surface area contributed by atoms with Gasteiger partial charge in [-0.1, -0.05) is 0 Å². The molecule has 1 atom stereocenters. The monoisotopic (exact) mass is 247 g/mol. The van der Waals surface area contributed by atoms with E-state index in [1.54, 1.807) is 12.3 Å². The molecule has 0 radical (unpaired) electrons. The van der Waals surface area contributed by atoms with Crippen molar-refractivity contribution in [1.82, 2.24) is 9.78 Å². The van der Waals surface area contributed by atoms with E-state index in [0.717, 1.165) is 35.1 Å². The molecule has 2 aromatic rings. The molecule has 0 spiro atoms. The Morgan fingerprint density at radius 3 is 3.22 bits per heavy atom. The minimum atomic E-state index is 0.0237. The molecule has 5 heteroatoms. The Balaban J connectivity index is 2.24. The molecular formula is C13H17N3O2. The van der Waals surface area contributed by atoms with Crippen molar-refractivity contribution in [2.45, 2.75) is 32.4 Å². The summed E-state index contributed by atoms with van der Waals surface area (Å²) in [5.41, 5.74) is 7.93. The van der Waals surface area contributed by atoms with Crippen LogP contribution in [0, 0.1) is 0 Å². The highest BCUT2D eigenvalue weighted by atomic mass is 16.5. The van der Waals surface area contributed by atoms with Crippen molar-refractivity contribution in [2.75, 3.05) is 6.61 Å². The van der Waals surface area contributed by atoms with Crippen molar-refractivity contribution < 1.29 is 9.84 Å². The summed E-state index contributed by atoms with van der Waals surface area (Å²) in [7, 11) is 0. The standard InChI is InChI=1S/C13H17N3O2/c1-8(14)7-16-13-9-3-2-4-18-12(9)5-11(17)10(13)6-15-16/h5-6,8,17H,2-4,7,14H2,1H3/t8-/m0/s1. The van der Waals surface area contributed by atoms with Gasteiger partial charge in [-0.25, -0.2) is 0 Å². The number of aryl methyl sites for hydroxylation is 1. The first-order valence-corrected chi connectivity index (χ1v) is 6.25. The van der Waals surface area contributed by atoms with Gasteiger partial charge in [-0.05, 0) is 19.8 Å². The van der Waals surface area contributed by atoms with Crippen LogP contribution < -0.4 is 10.5 Å². The lowest BCUT2D eigenvalue weighted by Gasteiger charge is -2.19. The molecule has 3 N–H and O–H groups in total. The van der Waals surface area contributed by atoms with Gasteiger partial charge in [0.05, 0.1) is 30.3 Å². The minimum Gasteiger partial charge on any atom is -0.507 e. The molecule has 2 heterocycles. The van der Waals surface area contributed by atoms with E-state index in [-0.39, 0.29) is 11.8 Å². The number of rotatable bonds is 2. The van der Waals surface area contributed by atoms with Crippen LogP contribution in [0.2, 0.25) is 0 Å². The largest absolute Gasteiger partial charge is 0.507 e. The zero-order valence-electron chi connectivity index (χ0n) is 10.4. The van der Waals surface area contributed by atoms with Crippen molar-refractivity contribution in [3.05, 3.63) is 17.8 Å². The number of phenols is 1. The minimum absolute atomic E-state index is 0.0237. The van der Waals surface area contributed by atoms with Gasteiger partial charge in [0.1, 0.15) is 11.5 Å². The summed E-state index contributed by atoms with van der Waals surface area (Å²) in [6.07, 6.45) is 3.65. The molecule has 0 bridgehead atoms. The summed E-state index contributed by atoms with van der Waals surface area (Å²) in [4.78, 5) is 0. The van der Waals surface area contributed by atoms with Crippen LogP contribution in [-0.4, -0.2) is 27.5 Å². The first-order chi connectivity index (χ1) is 8.66. The lowest BCUT2D eigenvalue weighted by molar-refractivity contribution is 0.287. The van der Waals surface area contributed by atoms with E-state index in [4.69, 9.17) is 10.5 Å². The third kappa shape index (κ3) is 1.71. The molecule has 1 aliphatic heterocycles. The predicted octanol–water partition coefficient (Wildman–Crippen LogP) is 1.41. The number of hydrogen-bond acceptors (Lipinski definition) is 4. The maximum Gasteiger partial charge on any atom is 0.130 e. The van der Waals surface area contributed by atoms with Crippen LogP contribution in [0.5, 0.6) is 11.5 Å². The first-order valence-electron chi connectivity index (χ1n) is 6.25. The molecule has 1 aromatic heterocycles. The normalized spacial score (nSPS) is 16.3. The zero-order valence-corrected chi connectivity index (χ0v) is 10.4. The molecule has 0 fully saturated rings. The third-order valence-electron chi connectivity index (χ3n) is 3.26. The van der Waals surface area contributed by atoms with E-state index < -0.39 is 0 Å². The molecule has 96 valence electrons. The van der Waals surface area contributed by atoms with Gasteiger partial charge in [0.15, 0.2) is 0 Å². The van der Waals surface area contributed by atoms with Crippen molar-refractivity contribution in [1.29, 1.82) is 0 Å². The number of phenolic OH excluding ortho intramolecular Hbond substituents is 1. The fourth-order valence-corrected chi connectivity index (χ4v) is 2.51. The number of hydrogen-bond donors (Lipinski definition) is 2. The smallest absolute Gasteiger partial charge is 0.130 e. The molecule has 0 saturated carbocycles. The fraction of sp³-hybridized carbons (Fsp3) is 0.462. The van der Waals surface area contributed by atoms with Crippen LogP contribution in [0.25, 0.3) is 10.9 Å². The van der Waals surface area contributed by atoms with Crippen molar-refractivity contribution in [3.63, 3.8) is 0 Å². The predicted molar refractivity (Wildman–Crippen MR) is 68.9 cm³/mol. The summed E-state index contributed by atoms with van der Waals surface area (Å²) in [6.45, 7) is 3.29. The number of nitrogens with zero attached hydrogens (tertiary/aromatic N) is 2. The van der Waals surface area contributed by atoms with Crippen LogP contribution in [0.4, 0.5) is 0 Å². The molecule has 5 nitrogen and oxygen atoms in total. The highest BCUT2D eigenvalue weighted by Gasteiger charge is 2.20. The number of aromatic hydroxyl groups is 1. The molecule has 0 unspecified atom stereocenters. The van der Waals surface area contributed by atoms with Gasteiger partial charge in [0.25, 0.3) is 0 Å². The van der Waals surface area contributed by atoms with E-state index in [2.05, 4.69) is 5.10 Å². The Kier molecular flexibility index (Phi) is 2.63. The summed E-state index contributed by atoms with van der Waals surface area (Å²) in [5, 5.41) is 15.1. The maximum absolute atomic E-state index is 10.0. The summed E-state index contributed by atoms with van der Waals surface area (Å²) in [5.74, 6) is 0.999. The van der Waals surface area contributed by atoms with Gasteiger partial charge in [-0.2, -0.15) is 5.10 Å². The van der Waals surface area contributed by atoms with Gasteiger partial charge in [0.2, 0.25) is 0 Å². The molecule has 3 rings (SSSR count). The van der Waals surface area contributed by atoms with E-state index >= 15 is 0 Å². The summed E-state index contributed by atoms with van der Waals surface area (Å²) < 4.78 is 7.48. The van der Waals surface area contributed by atoms with Gasteiger partial charge in [0, 0.05) is 17.7 Å². The average molecular weight is 247 g/mol. The Hall–Kier alpha value is -1.75. The molecule has 0 aliphatic carbocycles. The molecule has 0 amide bonds. The second kappa shape index (κ2) is 4.17. The fourth-order valence-electron chi connectivity index (χ4n) is 2.51. The van der Waals surface area contributed by atoms with Gasteiger partial charge < -0.3 is 15.6 Å². The second-order valence-corrected chi connectivity index (χ2v) is 4.89. The Morgan fingerprint density at radius 1 is 1.61 bits per heavy atom. The lowest BCUT2D eigenvalue weighted by Crippen LogP contribution is -2.23. The van der Waals surface area contributed by atoms with Crippen LogP contribution in [0.15, 0.2) is 12.3 Å². The molecule has 1 aromatic carbocycles. The Labute approximate surface area is 105 Å². The number of fused-ring (bicyclic) bond motifs is 3. The second-order valence-electron chi connectivity index (χ2n) is 4.89. The first kappa shape index (κ1) is 11.3. The van der Waals surface area contributed by atoms with E-state index in [0.29, 0.717) is 13.2 Å². The van der Waals surface area contributed by atoms with Gasteiger partial charge >= 0.3 is 0 Å². The number of benzene rings is 1. The SMILES string of the molecule is C[C@H](N)Cn1ncc2c(O)cc3c(c21)CCCO3. The maximum atomic E-state index is 10.0. The molecule has 1 aliphatic rings. The quantitative estimate of drug-likeness (QED) is 0.841. The third-order valence-corrected chi connectivity index (χ3v) is 3.26. The number of nitrogens with two attached hydrogens (primary N) is 1. The zero-order chi connectivity index (χ0) is 12.7. The number of ether oxygens (including phenoxy) is 1. The van der Waals surface area contributed by atoms with Crippen molar-refractivity contribution in [2.24, 2.45) is 5.73 Å². The lowest BCUT2D eigenvalue weighted by atomic mass is 10.0. The van der Waals surface area contributed by atoms with E-state index in [1.165, 1.54) is 0 Å². The highest BCUT2D eigenvalue weighted by molar-refractivity contribution is 5.90. The topological polar surface area (TPSA) is 73.3 Å². The molecule has 18 heavy (non-hydrogen) atoms. The van der Waals surface area contributed by atoms with Crippen LogP contribution >= 0.6 is 0 Å². The van der Waals surface area contributed by atoms with Crippen molar-refractivity contribution in [3.8, 4) is 11.5 Å². The summed E-state index contributed by atoms with van der Waals surface area (Å²) >= 11 is 0. The highest BCUT2D eigenvalue weighted by Crippen LogP contribution is 2.37. The van der Waals surface area contributed by atoms with Crippen LogP contribution in [-0.2, 0) is 13.0 Å². The van der Waals surface area contributed by atoms with E-state index in [1.807, 2.05) is 11.6 Å². The van der Waals surface area contributed by atoms with Crippen LogP contribution in [0.1, 0.15) is 18.9 Å². The molecule has 0 saturated heterocycles. The summed E-state index contributed by atoms with van der Waals surface area (Å²) in [6, 6.07) is 1.71.